The maximum atomic E-state index is 12.5. The second-order valence-corrected chi connectivity index (χ2v) is 7.44. The number of nitrogens with two attached hydrogens (primary N) is 1. The van der Waals surface area contributed by atoms with Crippen molar-refractivity contribution in [3.63, 3.8) is 0 Å². The molecule has 1 aromatic rings. The number of nitrogens with one attached hydrogen (secondary N) is 1. The number of halogens is 1. The second kappa shape index (κ2) is 6.53. The van der Waals surface area contributed by atoms with Gasteiger partial charge in [0, 0.05) is 24.2 Å². The summed E-state index contributed by atoms with van der Waals surface area (Å²) in [5.74, 6) is 0. The van der Waals surface area contributed by atoms with E-state index in [1.807, 2.05) is 0 Å². The fraction of sp³-hybridized carbons (Fsp3) is 0.538. The van der Waals surface area contributed by atoms with Crippen molar-refractivity contribution in [2.75, 3.05) is 7.11 Å². The minimum Gasteiger partial charge on any atom is -0.380 e. The fourth-order valence-electron chi connectivity index (χ4n) is 2.49. The SMILES string of the molecule is COC1CCCC1NS(=O)(=O)c1cc(CN)ccc1Br. The van der Waals surface area contributed by atoms with Gasteiger partial charge >= 0.3 is 0 Å². The molecule has 1 fully saturated rings. The predicted molar refractivity (Wildman–Crippen MR) is 80.8 cm³/mol. The summed E-state index contributed by atoms with van der Waals surface area (Å²) in [6.45, 7) is 0.305. The van der Waals surface area contributed by atoms with Crippen molar-refractivity contribution < 1.29 is 13.2 Å². The normalized spacial score (nSPS) is 23.1. The molecule has 1 aliphatic rings. The highest BCUT2D eigenvalue weighted by Gasteiger charge is 2.32. The largest absolute Gasteiger partial charge is 0.380 e. The molecule has 2 unspecified atom stereocenters. The van der Waals surface area contributed by atoms with Crippen LogP contribution in [0.5, 0.6) is 0 Å². The zero-order valence-electron chi connectivity index (χ0n) is 11.3. The highest BCUT2D eigenvalue weighted by molar-refractivity contribution is 9.10. The van der Waals surface area contributed by atoms with Gasteiger partial charge in [0.25, 0.3) is 0 Å². The molecule has 0 bridgehead atoms. The van der Waals surface area contributed by atoms with Gasteiger partial charge in [0.2, 0.25) is 10.0 Å². The average Bonchev–Trinajstić information content (AvgIpc) is 2.85. The van der Waals surface area contributed by atoms with Crippen molar-refractivity contribution in [3.8, 4) is 0 Å². The van der Waals surface area contributed by atoms with Gasteiger partial charge in [-0.05, 0) is 52.9 Å². The van der Waals surface area contributed by atoms with Crippen LogP contribution in [-0.2, 0) is 21.3 Å². The molecular weight excluding hydrogens is 344 g/mol. The quantitative estimate of drug-likeness (QED) is 0.835. The van der Waals surface area contributed by atoms with Crippen molar-refractivity contribution in [2.45, 2.75) is 42.8 Å². The molecule has 20 heavy (non-hydrogen) atoms. The van der Waals surface area contributed by atoms with E-state index < -0.39 is 10.0 Å². The van der Waals surface area contributed by atoms with Crippen LogP contribution in [0, 0.1) is 0 Å². The van der Waals surface area contributed by atoms with E-state index in [0.717, 1.165) is 24.8 Å². The molecule has 1 aromatic carbocycles. The number of ether oxygens (including phenoxy) is 1. The molecule has 0 heterocycles. The van der Waals surface area contributed by atoms with Gasteiger partial charge in [0.05, 0.1) is 11.0 Å². The molecule has 0 radical (unpaired) electrons. The van der Waals surface area contributed by atoms with Crippen LogP contribution >= 0.6 is 15.9 Å². The molecular formula is C13H19BrN2O3S. The van der Waals surface area contributed by atoms with Gasteiger partial charge in [-0.3, -0.25) is 0 Å². The third-order valence-electron chi connectivity index (χ3n) is 3.58. The van der Waals surface area contributed by atoms with Crippen LogP contribution in [0.1, 0.15) is 24.8 Å². The van der Waals surface area contributed by atoms with Gasteiger partial charge in [-0.25, -0.2) is 13.1 Å². The number of methoxy groups -OCH3 is 1. The standard InChI is InChI=1S/C13H19BrN2O3S/c1-19-12-4-2-3-11(12)16-20(17,18)13-7-9(8-15)5-6-10(13)14/h5-7,11-12,16H,2-4,8,15H2,1H3. The Morgan fingerprint density at radius 3 is 2.85 bits per heavy atom. The summed E-state index contributed by atoms with van der Waals surface area (Å²) in [5.41, 5.74) is 6.35. The molecule has 1 saturated carbocycles. The van der Waals surface area contributed by atoms with Crippen molar-refractivity contribution in [3.05, 3.63) is 28.2 Å². The number of rotatable bonds is 5. The van der Waals surface area contributed by atoms with E-state index in [1.165, 1.54) is 0 Å². The third kappa shape index (κ3) is 3.40. The van der Waals surface area contributed by atoms with Crippen LogP contribution < -0.4 is 10.5 Å². The summed E-state index contributed by atoms with van der Waals surface area (Å²) in [7, 11) is -1.97. The zero-order chi connectivity index (χ0) is 14.8. The first kappa shape index (κ1) is 15.9. The first-order chi connectivity index (χ1) is 9.47. The third-order valence-corrected chi connectivity index (χ3v) is 6.07. The van der Waals surface area contributed by atoms with Crippen molar-refractivity contribution >= 4 is 26.0 Å². The molecule has 0 aliphatic heterocycles. The molecule has 0 saturated heterocycles. The van der Waals surface area contributed by atoms with Crippen LogP contribution in [0.4, 0.5) is 0 Å². The van der Waals surface area contributed by atoms with Crippen LogP contribution in [0.25, 0.3) is 0 Å². The fourth-order valence-corrected chi connectivity index (χ4v) is 4.80. The molecule has 2 atom stereocenters. The maximum absolute atomic E-state index is 12.5. The van der Waals surface area contributed by atoms with Gasteiger partial charge in [-0.2, -0.15) is 0 Å². The van der Waals surface area contributed by atoms with E-state index in [1.54, 1.807) is 25.3 Å². The Morgan fingerprint density at radius 2 is 2.20 bits per heavy atom. The van der Waals surface area contributed by atoms with Crippen molar-refractivity contribution in [1.82, 2.24) is 4.72 Å². The molecule has 3 N–H and O–H groups in total. The minimum atomic E-state index is -3.58. The lowest BCUT2D eigenvalue weighted by Crippen LogP contribution is -2.40. The lowest BCUT2D eigenvalue weighted by molar-refractivity contribution is 0.0916. The molecule has 112 valence electrons. The summed E-state index contributed by atoms with van der Waals surface area (Å²) in [6, 6.07) is 4.94. The molecule has 2 rings (SSSR count). The summed E-state index contributed by atoms with van der Waals surface area (Å²) in [4.78, 5) is 0.224. The number of benzene rings is 1. The molecule has 7 heteroatoms. The van der Waals surface area contributed by atoms with E-state index in [9.17, 15) is 8.42 Å². The van der Waals surface area contributed by atoms with Gasteiger partial charge in [0.1, 0.15) is 0 Å². The molecule has 0 aromatic heterocycles. The average molecular weight is 363 g/mol. The topological polar surface area (TPSA) is 81.4 Å². The van der Waals surface area contributed by atoms with E-state index in [4.69, 9.17) is 10.5 Å². The van der Waals surface area contributed by atoms with Crippen molar-refractivity contribution in [1.29, 1.82) is 0 Å². The summed E-state index contributed by atoms with van der Waals surface area (Å²) in [6.07, 6.45) is 2.59. The Morgan fingerprint density at radius 1 is 1.45 bits per heavy atom. The Bertz CT molecular complexity index is 577. The van der Waals surface area contributed by atoms with Crippen LogP contribution in [0.15, 0.2) is 27.6 Å². The predicted octanol–water partition coefficient (Wildman–Crippen LogP) is 1.75. The van der Waals surface area contributed by atoms with E-state index in [-0.39, 0.29) is 17.0 Å². The van der Waals surface area contributed by atoms with E-state index >= 15 is 0 Å². The van der Waals surface area contributed by atoms with Gasteiger partial charge in [0.15, 0.2) is 0 Å². The highest BCUT2D eigenvalue weighted by Crippen LogP contribution is 2.27. The lowest BCUT2D eigenvalue weighted by Gasteiger charge is -2.20. The summed E-state index contributed by atoms with van der Waals surface area (Å²) in [5, 5.41) is 0. The Balaban J connectivity index is 2.26. The Kier molecular flexibility index (Phi) is 5.19. The van der Waals surface area contributed by atoms with Crippen LogP contribution in [-0.4, -0.2) is 27.7 Å². The van der Waals surface area contributed by atoms with Gasteiger partial charge in [-0.15, -0.1) is 0 Å². The molecule has 5 nitrogen and oxygen atoms in total. The molecule has 0 amide bonds. The maximum Gasteiger partial charge on any atom is 0.242 e. The minimum absolute atomic E-state index is 0.0544. The first-order valence-corrected chi connectivity index (χ1v) is 8.79. The second-order valence-electron chi connectivity index (χ2n) is 4.90. The van der Waals surface area contributed by atoms with Crippen LogP contribution in [0.3, 0.4) is 0 Å². The van der Waals surface area contributed by atoms with Gasteiger partial charge < -0.3 is 10.5 Å². The van der Waals surface area contributed by atoms with E-state index in [0.29, 0.717) is 11.0 Å². The number of hydrogen-bond acceptors (Lipinski definition) is 4. The lowest BCUT2D eigenvalue weighted by atomic mass is 10.2. The van der Waals surface area contributed by atoms with Crippen LogP contribution in [0.2, 0.25) is 0 Å². The zero-order valence-corrected chi connectivity index (χ0v) is 13.7. The molecule has 0 spiro atoms. The molecule has 1 aliphatic carbocycles. The van der Waals surface area contributed by atoms with Crippen molar-refractivity contribution in [2.24, 2.45) is 5.73 Å². The smallest absolute Gasteiger partial charge is 0.242 e. The summed E-state index contributed by atoms with van der Waals surface area (Å²) < 4.78 is 33.6. The first-order valence-electron chi connectivity index (χ1n) is 6.51. The highest BCUT2D eigenvalue weighted by atomic mass is 79.9. The number of hydrogen-bond donors (Lipinski definition) is 2. The monoisotopic (exact) mass is 362 g/mol. The Labute approximate surface area is 128 Å². The number of sulfonamides is 1. The Hall–Kier alpha value is -0.470. The summed E-state index contributed by atoms with van der Waals surface area (Å²) >= 11 is 3.29. The van der Waals surface area contributed by atoms with E-state index in [2.05, 4.69) is 20.7 Å². The van der Waals surface area contributed by atoms with Gasteiger partial charge in [-0.1, -0.05) is 6.07 Å².